The number of carbonyl (C=O) groups is 1. The van der Waals surface area contributed by atoms with Crippen molar-refractivity contribution in [1.82, 2.24) is 9.78 Å². The van der Waals surface area contributed by atoms with E-state index in [0.717, 1.165) is 18.4 Å². The molecular formula is C16H18N2O4. The Bertz CT molecular complexity index is 633. The van der Waals surface area contributed by atoms with Crippen LogP contribution in [0.3, 0.4) is 0 Å². The van der Waals surface area contributed by atoms with Crippen LogP contribution >= 0.6 is 0 Å². The molecule has 1 N–H and O–H groups in total. The maximum Gasteiger partial charge on any atom is 0.358 e. The first kappa shape index (κ1) is 14.6. The van der Waals surface area contributed by atoms with Crippen LogP contribution in [0.5, 0.6) is 5.75 Å². The van der Waals surface area contributed by atoms with E-state index in [9.17, 15) is 9.90 Å². The van der Waals surface area contributed by atoms with Crippen LogP contribution in [0.4, 0.5) is 0 Å². The number of hydrogen-bond donors (Lipinski definition) is 1. The van der Waals surface area contributed by atoms with Gasteiger partial charge in [0.25, 0.3) is 0 Å². The van der Waals surface area contributed by atoms with Gasteiger partial charge in [0.15, 0.2) is 11.4 Å². The molecule has 0 aliphatic carbocycles. The molecule has 2 aromatic rings. The number of rotatable bonds is 5. The van der Waals surface area contributed by atoms with Crippen LogP contribution < -0.4 is 4.74 Å². The molecule has 0 spiro atoms. The molecule has 0 unspecified atom stereocenters. The molecule has 6 nitrogen and oxygen atoms in total. The summed E-state index contributed by atoms with van der Waals surface area (Å²) in [7, 11) is 0. The van der Waals surface area contributed by atoms with Crippen LogP contribution in [0.15, 0.2) is 36.5 Å². The van der Waals surface area contributed by atoms with Crippen molar-refractivity contribution < 1.29 is 19.4 Å². The second kappa shape index (κ2) is 6.62. The van der Waals surface area contributed by atoms with Crippen molar-refractivity contribution in [1.29, 1.82) is 0 Å². The van der Waals surface area contributed by atoms with Crippen molar-refractivity contribution in [3.05, 3.63) is 47.8 Å². The van der Waals surface area contributed by atoms with Crippen molar-refractivity contribution in [2.75, 3.05) is 13.2 Å². The van der Waals surface area contributed by atoms with E-state index in [2.05, 4.69) is 5.10 Å². The van der Waals surface area contributed by atoms with Crippen LogP contribution in [0, 0.1) is 0 Å². The van der Waals surface area contributed by atoms with Gasteiger partial charge in [0, 0.05) is 13.2 Å². The number of nitrogens with zero attached hydrogens (tertiary/aromatic N) is 2. The average Bonchev–Trinajstić information content (AvgIpc) is 2.99. The number of hydrogen-bond acceptors (Lipinski definition) is 4. The molecule has 0 atom stereocenters. The molecule has 1 fully saturated rings. The molecule has 1 aromatic carbocycles. The Hall–Kier alpha value is -2.34. The summed E-state index contributed by atoms with van der Waals surface area (Å²) in [5, 5.41) is 13.7. The average molecular weight is 302 g/mol. The Kier molecular flexibility index (Phi) is 4.39. The normalized spacial score (nSPS) is 15.6. The highest BCUT2D eigenvalue weighted by Crippen LogP contribution is 2.27. The summed E-state index contributed by atoms with van der Waals surface area (Å²) in [5.41, 5.74) is 1.10. The summed E-state index contributed by atoms with van der Waals surface area (Å²) in [5.74, 6) is -0.713. The number of carboxylic acid groups (broad SMARTS) is 1. The molecule has 1 aliphatic rings. The molecule has 1 saturated heterocycles. The van der Waals surface area contributed by atoms with Gasteiger partial charge >= 0.3 is 5.97 Å². The maximum atomic E-state index is 11.6. The van der Waals surface area contributed by atoms with E-state index >= 15 is 0 Å². The van der Waals surface area contributed by atoms with Gasteiger partial charge in [0.05, 0.1) is 12.2 Å². The molecule has 1 aromatic heterocycles. The lowest BCUT2D eigenvalue weighted by molar-refractivity contribution is 0.0578. The summed E-state index contributed by atoms with van der Waals surface area (Å²) in [6.07, 6.45) is 3.02. The lowest BCUT2D eigenvalue weighted by atomic mass is 10.1. The van der Waals surface area contributed by atoms with Crippen LogP contribution in [-0.4, -0.2) is 34.1 Å². The molecule has 116 valence electrons. The highest BCUT2D eigenvalue weighted by atomic mass is 16.5. The summed E-state index contributed by atoms with van der Waals surface area (Å²) in [6.45, 7) is 1.58. The summed E-state index contributed by atoms with van der Waals surface area (Å²) in [4.78, 5) is 11.6. The predicted octanol–water partition coefficient (Wildman–Crippen LogP) is 2.51. The first-order valence-electron chi connectivity index (χ1n) is 7.31. The Morgan fingerprint density at radius 2 is 2.05 bits per heavy atom. The lowest BCUT2D eigenvalue weighted by Crippen LogP contribution is -2.23. The topological polar surface area (TPSA) is 73.6 Å². The smallest absolute Gasteiger partial charge is 0.358 e. The van der Waals surface area contributed by atoms with Gasteiger partial charge in [0.2, 0.25) is 0 Å². The second-order valence-electron chi connectivity index (χ2n) is 5.22. The highest BCUT2D eigenvalue weighted by Gasteiger charge is 2.26. The van der Waals surface area contributed by atoms with Gasteiger partial charge in [-0.15, -0.1) is 0 Å². The van der Waals surface area contributed by atoms with Crippen molar-refractivity contribution in [3.8, 4) is 5.75 Å². The number of benzene rings is 1. The Morgan fingerprint density at radius 3 is 2.73 bits per heavy atom. The van der Waals surface area contributed by atoms with Gasteiger partial charge in [-0.25, -0.2) is 4.79 Å². The van der Waals surface area contributed by atoms with Gasteiger partial charge in [-0.2, -0.15) is 5.10 Å². The van der Waals surface area contributed by atoms with Crippen LogP contribution in [0.25, 0.3) is 0 Å². The molecular weight excluding hydrogens is 284 g/mol. The molecule has 22 heavy (non-hydrogen) atoms. The zero-order valence-corrected chi connectivity index (χ0v) is 12.1. The second-order valence-corrected chi connectivity index (χ2v) is 5.22. The van der Waals surface area contributed by atoms with Gasteiger partial charge < -0.3 is 14.6 Å². The van der Waals surface area contributed by atoms with Crippen molar-refractivity contribution in [2.24, 2.45) is 0 Å². The minimum atomic E-state index is -1.02. The third kappa shape index (κ3) is 3.12. The van der Waals surface area contributed by atoms with Crippen LogP contribution in [0.2, 0.25) is 0 Å². The molecule has 2 heterocycles. The fraction of sp³-hybridized carbons (Fsp3) is 0.375. The molecule has 1 aliphatic heterocycles. The highest BCUT2D eigenvalue weighted by molar-refractivity contribution is 5.88. The number of ether oxygens (including phenoxy) is 2. The number of carboxylic acids is 1. The monoisotopic (exact) mass is 302 g/mol. The molecule has 0 amide bonds. The maximum absolute atomic E-state index is 11.6. The predicted molar refractivity (Wildman–Crippen MR) is 79.1 cm³/mol. The van der Waals surface area contributed by atoms with Gasteiger partial charge in [0.1, 0.15) is 6.61 Å². The summed E-state index contributed by atoms with van der Waals surface area (Å²) < 4.78 is 12.5. The quantitative estimate of drug-likeness (QED) is 0.918. The summed E-state index contributed by atoms with van der Waals surface area (Å²) >= 11 is 0. The van der Waals surface area contributed by atoms with E-state index < -0.39 is 5.97 Å². The van der Waals surface area contributed by atoms with Crippen molar-refractivity contribution >= 4 is 5.97 Å². The minimum absolute atomic E-state index is 0.0499. The van der Waals surface area contributed by atoms with E-state index in [-0.39, 0.29) is 11.7 Å². The molecule has 3 rings (SSSR count). The largest absolute Gasteiger partial charge is 0.485 e. The molecule has 0 saturated carbocycles. The number of aromatic nitrogens is 2. The van der Waals surface area contributed by atoms with Crippen LogP contribution in [-0.2, 0) is 11.3 Å². The van der Waals surface area contributed by atoms with E-state index in [1.54, 1.807) is 4.68 Å². The first-order chi connectivity index (χ1) is 10.8. The first-order valence-corrected chi connectivity index (χ1v) is 7.31. The number of aromatic carboxylic acids is 1. The lowest BCUT2D eigenvalue weighted by Gasteiger charge is -2.23. The SMILES string of the molecule is O=C(O)c1c(OCc2ccccc2)cnn1C1CCOCC1. The Morgan fingerprint density at radius 1 is 1.32 bits per heavy atom. The Labute approximate surface area is 128 Å². The molecule has 6 heteroatoms. The minimum Gasteiger partial charge on any atom is -0.485 e. The standard InChI is InChI=1S/C16H18N2O4/c19-16(20)15-14(22-11-12-4-2-1-3-5-12)10-17-18(15)13-6-8-21-9-7-13/h1-5,10,13H,6-9,11H2,(H,19,20). The summed E-state index contributed by atoms with van der Waals surface area (Å²) in [6, 6.07) is 9.68. The van der Waals surface area contributed by atoms with Gasteiger partial charge in [-0.3, -0.25) is 4.68 Å². The van der Waals surface area contributed by atoms with Gasteiger partial charge in [-0.1, -0.05) is 30.3 Å². The third-order valence-electron chi connectivity index (χ3n) is 3.74. The zero-order valence-electron chi connectivity index (χ0n) is 12.1. The van der Waals surface area contributed by atoms with E-state index in [4.69, 9.17) is 9.47 Å². The molecule has 0 bridgehead atoms. The third-order valence-corrected chi connectivity index (χ3v) is 3.74. The van der Waals surface area contributed by atoms with Crippen molar-refractivity contribution in [2.45, 2.75) is 25.5 Å². The van der Waals surface area contributed by atoms with Crippen LogP contribution in [0.1, 0.15) is 34.9 Å². The van der Waals surface area contributed by atoms with E-state index in [1.807, 2.05) is 30.3 Å². The molecule has 0 radical (unpaired) electrons. The fourth-order valence-electron chi connectivity index (χ4n) is 2.60. The Balaban J connectivity index is 1.79. The van der Waals surface area contributed by atoms with E-state index in [1.165, 1.54) is 6.20 Å². The van der Waals surface area contributed by atoms with Gasteiger partial charge in [-0.05, 0) is 18.4 Å². The fourth-order valence-corrected chi connectivity index (χ4v) is 2.60. The zero-order chi connectivity index (χ0) is 15.4. The van der Waals surface area contributed by atoms with E-state index in [0.29, 0.717) is 25.6 Å². The van der Waals surface area contributed by atoms with Crippen molar-refractivity contribution in [3.63, 3.8) is 0 Å².